The lowest BCUT2D eigenvalue weighted by Gasteiger charge is -2.46. The molecule has 0 aromatic rings. The molecular formula is C9H8ClNO5S. The molecule has 0 radical (unpaired) electrons. The lowest BCUT2D eigenvalue weighted by molar-refractivity contribution is -0.145. The Hall–Kier alpha value is -1.34. The fraction of sp³-hybridized carbons (Fsp3) is 0.333. The van der Waals surface area contributed by atoms with E-state index in [0.29, 0.717) is 4.90 Å². The number of carboxylic acid groups (broad SMARTS) is 1. The predicted molar refractivity (Wildman–Crippen MR) is 58.7 cm³/mol. The summed E-state index contributed by atoms with van der Waals surface area (Å²) in [5, 5.41) is 6.39. The number of halogens is 1. The molecule has 0 bridgehead atoms. The smallest absolute Gasteiger partial charge is 0.352 e. The number of alkyl halides is 1. The van der Waals surface area contributed by atoms with Crippen LogP contribution >= 0.6 is 11.6 Å². The number of sulfone groups is 1. The second kappa shape index (κ2) is 3.33. The van der Waals surface area contributed by atoms with E-state index < -0.39 is 32.5 Å². The summed E-state index contributed by atoms with van der Waals surface area (Å²) in [5.74, 6) is -2.09. The summed E-state index contributed by atoms with van der Waals surface area (Å²) >= 11 is 5.61. The summed E-state index contributed by atoms with van der Waals surface area (Å²) in [6.07, 6.45) is 0. The lowest BCUT2D eigenvalue weighted by Crippen LogP contribution is -2.67. The van der Waals surface area contributed by atoms with Gasteiger partial charge < -0.3 is 5.11 Å². The minimum atomic E-state index is -3.84. The molecule has 8 heteroatoms. The first-order valence-electron chi connectivity index (χ1n) is 4.55. The zero-order chi connectivity index (χ0) is 13.1. The van der Waals surface area contributed by atoms with Crippen molar-refractivity contribution in [2.24, 2.45) is 0 Å². The topological polar surface area (TPSA) is 91.8 Å². The summed E-state index contributed by atoms with van der Waals surface area (Å²) in [7, 11) is -3.84. The Kier molecular flexibility index (Phi) is 2.38. The Morgan fingerprint density at radius 3 is 2.53 bits per heavy atom. The lowest BCUT2D eigenvalue weighted by atomic mass is 10.1. The molecule has 2 rings (SSSR count). The molecule has 0 spiro atoms. The van der Waals surface area contributed by atoms with Crippen LogP contribution in [0.4, 0.5) is 0 Å². The van der Waals surface area contributed by atoms with Gasteiger partial charge in [0.05, 0.1) is 4.91 Å². The fourth-order valence-electron chi connectivity index (χ4n) is 1.90. The Bertz CT molecular complexity index is 591. The number of carboxylic acids is 1. The van der Waals surface area contributed by atoms with Gasteiger partial charge in [-0.15, -0.1) is 11.6 Å². The number of fused-ring (bicyclic) bond motifs is 1. The van der Waals surface area contributed by atoms with E-state index in [1.807, 2.05) is 0 Å². The van der Waals surface area contributed by atoms with Crippen LogP contribution in [0.2, 0.25) is 0 Å². The molecule has 2 aliphatic heterocycles. The number of hydrogen-bond acceptors (Lipinski definition) is 4. The Balaban J connectivity index is 2.71. The first-order valence-corrected chi connectivity index (χ1v) is 6.54. The second-order valence-corrected chi connectivity index (χ2v) is 6.28. The van der Waals surface area contributed by atoms with Crippen LogP contribution in [0.3, 0.4) is 0 Å². The van der Waals surface area contributed by atoms with Gasteiger partial charge >= 0.3 is 5.97 Å². The fourth-order valence-corrected chi connectivity index (χ4v) is 4.25. The Morgan fingerprint density at radius 1 is 1.53 bits per heavy atom. The van der Waals surface area contributed by atoms with Crippen molar-refractivity contribution in [3.8, 4) is 0 Å². The van der Waals surface area contributed by atoms with Crippen molar-refractivity contribution < 1.29 is 23.1 Å². The van der Waals surface area contributed by atoms with Gasteiger partial charge in [-0.3, -0.25) is 9.69 Å². The SMILES string of the molecule is C=C1C(C)=C(C(=O)O)N2C(=O)[C@H](Cl)[C@H]2S1(=O)=O. The molecule has 1 saturated heterocycles. The molecule has 6 nitrogen and oxygen atoms in total. The van der Waals surface area contributed by atoms with Gasteiger partial charge in [0, 0.05) is 0 Å². The second-order valence-electron chi connectivity index (χ2n) is 3.75. The van der Waals surface area contributed by atoms with E-state index in [-0.39, 0.29) is 16.2 Å². The third-order valence-electron chi connectivity index (χ3n) is 2.86. The number of aliphatic carboxylic acids is 1. The van der Waals surface area contributed by atoms with Crippen LogP contribution in [0.15, 0.2) is 22.8 Å². The Labute approximate surface area is 102 Å². The molecular weight excluding hydrogens is 270 g/mol. The highest BCUT2D eigenvalue weighted by molar-refractivity contribution is 7.96. The monoisotopic (exact) mass is 277 g/mol. The van der Waals surface area contributed by atoms with Crippen LogP contribution in [0.5, 0.6) is 0 Å². The molecule has 0 aromatic heterocycles. The maximum Gasteiger partial charge on any atom is 0.352 e. The molecule has 0 aliphatic carbocycles. The molecule has 2 aliphatic rings. The van der Waals surface area contributed by atoms with Crippen molar-refractivity contribution in [1.82, 2.24) is 4.90 Å². The molecule has 2 heterocycles. The summed E-state index contributed by atoms with van der Waals surface area (Å²) in [4.78, 5) is 22.9. The van der Waals surface area contributed by atoms with Crippen LogP contribution in [0.25, 0.3) is 0 Å². The van der Waals surface area contributed by atoms with Gasteiger partial charge in [0.15, 0.2) is 5.37 Å². The van der Waals surface area contributed by atoms with Gasteiger partial charge in [0.25, 0.3) is 0 Å². The maximum atomic E-state index is 11.9. The van der Waals surface area contributed by atoms with Crippen LogP contribution in [-0.2, 0) is 19.4 Å². The molecule has 1 fully saturated rings. The minimum absolute atomic E-state index is 0.0364. The maximum absolute atomic E-state index is 11.9. The zero-order valence-electron chi connectivity index (χ0n) is 8.68. The first-order chi connectivity index (χ1) is 7.71. The number of carbonyl (C=O) groups excluding carboxylic acids is 1. The zero-order valence-corrected chi connectivity index (χ0v) is 10.2. The van der Waals surface area contributed by atoms with E-state index in [2.05, 4.69) is 6.58 Å². The molecule has 2 atom stereocenters. The van der Waals surface area contributed by atoms with Crippen molar-refractivity contribution in [3.05, 3.63) is 22.8 Å². The average molecular weight is 278 g/mol. The molecule has 92 valence electrons. The highest BCUT2D eigenvalue weighted by Gasteiger charge is 2.60. The molecule has 0 aromatic carbocycles. The summed E-state index contributed by atoms with van der Waals surface area (Å²) in [6.45, 7) is 4.65. The number of rotatable bonds is 1. The number of allylic oxidation sites excluding steroid dienone is 1. The average Bonchev–Trinajstić information content (AvgIpc) is 2.24. The van der Waals surface area contributed by atoms with Crippen LogP contribution < -0.4 is 0 Å². The normalized spacial score (nSPS) is 31.1. The predicted octanol–water partition coefficient (Wildman–Crippen LogP) is 0.0628. The molecule has 0 saturated carbocycles. The number of carbonyl (C=O) groups is 2. The Morgan fingerprint density at radius 2 is 2.06 bits per heavy atom. The first kappa shape index (κ1) is 12.1. The number of β-lactam (4-membered cyclic amide) rings is 1. The quantitative estimate of drug-likeness (QED) is 0.541. The van der Waals surface area contributed by atoms with Crippen LogP contribution in [0.1, 0.15) is 6.92 Å². The number of amides is 1. The minimum Gasteiger partial charge on any atom is -0.477 e. The van der Waals surface area contributed by atoms with Gasteiger partial charge in [0.2, 0.25) is 15.7 Å². The summed E-state index contributed by atoms with van der Waals surface area (Å²) in [6, 6.07) is 0. The molecule has 0 unspecified atom stereocenters. The highest BCUT2D eigenvalue weighted by atomic mass is 35.5. The van der Waals surface area contributed by atoms with Gasteiger partial charge in [-0.25, -0.2) is 13.2 Å². The highest BCUT2D eigenvalue weighted by Crippen LogP contribution is 2.43. The number of nitrogens with zero attached hydrogens (tertiary/aromatic N) is 1. The van der Waals surface area contributed by atoms with Crippen molar-refractivity contribution in [3.63, 3.8) is 0 Å². The van der Waals surface area contributed by atoms with E-state index in [9.17, 15) is 18.0 Å². The van der Waals surface area contributed by atoms with Gasteiger partial charge in [-0.1, -0.05) is 6.58 Å². The van der Waals surface area contributed by atoms with Crippen molar-refractivity contribution in [2.45, 2.75) is 17.7 Å². The summed E-state index contributed by atoms with van der Waals surface area (Å²) in [5.41, 5.74) is -0.401. The van der Waals surface area contributed by atoms with E-state index in [1.165, 1.54) is 6.92 Å². The number of hydrogen-bond donors (Lipinski definition) is 1. The van der Waals surface area contributed by atoms with Crippen molar-refractivity contribution in [2.75, 3.05) is 0 Å². The largest absolute Gasteiger partial charge is 0.477 e. The third-order valence-corrected chi connectivity index (χ3v) is 5.54. The van der Waals surface area contributed by atoms with Gasteiger partial charge in [-0.2, -0.15) is 0 Å². The van der Waals surface area contributed by atoms with Crippen LogP contribution in [0, 0.1) is 0 Å². The van der Waals surface area contributed by atoms with Crippen LogP contribution in [-0.4, -0.2) is 41.1 Å². The molecule has 17 heavy (non-hydrogen) atoms. The standard InChI is InChI=1S/C9H8ClNO5S/c1-3-4(2)17(15,16)8-5(10)7(12)11(8)6(3)9(13)14/h5,8H,2H2,1H3,(H,13,14)/t5-,8+/m0/s1. The van der Waals surface area contributed by atoms with Gasteiger partial charge in [0.1, 0.15) is 11.1 Å². The van der Waals surface area contributed by atoms with E-state index in [0.717, 1.165) is 0 Å². The van der Waals surface area contributed by atoms with Crippen molar-refractivity contribution >= 4 is 33.3 Å². The van der Waals surface area contributed by atoms with E-state index in [1.54, 1.807) is 0 Å². The molecule has 1 amide bonds. The van der Waals surface area contributed by atoms with E-state index in [4.69, 9.17) is 16.7 Å². The van der Waals surface area contributed by atoms with Gasteiger partial charge in [-0.05, 0) is 12.5 Å². The molecule has 1 N–H and O–H groups in total. The van der Waals surface area contributed by atoms with E-state index >= 15 is 0 Å². The third kappa shape index (κ3) is 1.29. The summed E-state index contributed by atoms with van der Waals surface area (Å²) < 4.78 is 23.8. The van der Waals surface area contributed by atoms with Crippen molar-refractivity contribution in [1.29, 1.82) is 0 Å².